The van der Waals surface area contributed by atoms with E-state index in [1.807, 2.05) is 11.3 Å². The molecule has 0 nitrogen and oxygen atoms in total. The second-order valence-corrected chi connectivity index (χ2v) is 12.1. The zero-order valence-corrected chi connectivity index (χ0v) is 14.1. The third kappa shape index (κ3) is 2.42. The maximum atomic E-state index is 2.39. The SMILES string of the molecule is CC1(c2ccc(C3(C)SCCS3)s2)SCCS1. The first-order valence-electron chi connectivity index (χ1n) is 5.79. The molecule has 17 heavy (non-hydrogen) atoms. The Labute approximate surface area is 124 Å². The van der Waals surface area contributed by atoms with Gasteiger partial charge in [-0.3, -0.25) is 0 Å². The first-order valence-corrected chi connectivity index (χ1v) is 10.5. The molecule has 94 valence electrons. The van der Waals surface area contributed by atoms with Crippen LogP contribution in [0, 0.1) is 0 Å². The van der Waals surface area contributed by atoms with E-state index in [1.54, 1.807) is 9.75 Å². The lowest BCUT2D eigenvalue weighted by atomic mass is 10.3. The summed E-state index contributed by atoms with van der Waals surface area (Å²) in [5.41, 5.74) is 0. The average Bonchev–Trinajstić information content (AvgIpc) is 2.97. The van der Waals surface area contributed by atoms with Crippen molar-refractivity contribution in [3.05, 3.63) is 21.9 Å². The summed E-state index contributed by atoms with van der Waals surface area (Å²) < 4.78 is 0.653. The van der Waals surface area contributed by atoms with Crippen LogP contribution in [0.15, 0.2) is 12.1 Å². The Morgan fingerprint density at radius 3 is 1.47 bits per heavy atom. The summed E-state index contributed by atoms with van der Waals surface area (Å²) in [5, 5.41) is 0. The average molecular weight is 321 g/mol. The van der Waals surface area contributed by atoms with Crippen molar-refractivity contribution in [3.8, 4) is 0 Å². The predicted molar refractivity (Wildman–Crippen MR) is 88.9 cm³/mol. The van der Waals surface area contributed by atoms with E-state index < -0.39 is 0 Å². The highest BCUT2D eigenvalue weighted by atomic mass is 32.2. The molecular weight excluding hydrogens is 304 g/mol. The minimum Gasteiger partial charge on any atom is -0.141 e. The summed E-state index contributed by atoms with van der Waals surface area (Å²) in [6, 6.07) is 4.74. The molecule has 2 fully saturated rings. The van der Waals surface area contributed by atoms with Crippen LogP contribution in [0.3, 0.4) is 0 Å². The van der Waals surface area contributed by atoms with Crippen LogP contribution in [0.2, 0.25) is 0 Å². The van der Waals surface area contributed by atoms with Gasteiger partial charge in [0.25, 0.3) is 0 Å². The number of hydrogen-bond donors (Lipinski definition) is 0. The van der Waals surface area contributed by atoms with Gasteiger partial charge in [-0.2, -0.15) is 0 Å². The van der Waals surface area contributed by atoms with Gasteiger partial charge in [0.15, 0.2) is 0 Å². The van der Waals surface area contributed by atoms with Gasteiger partial charge in [-0.1, -0.05) is 0 Å². The molecule has 0 spiro atoms. The highest BCUT2D eigenvalue weighted by molar-refractivity contribution is 8.21. The lowest BCUT2D eigenvalue weighted by Crippen LogP contribution is -2.07. The Hall–Kier alpha value is 1.10. The molecule has 0 saturated carbocycles. The minimum atomic E-state index is 0.327. The van der Waals surface area contributed by atoms with Gasteiger partial charge >= 0.3 is 0 Å². The highest BCUT2D eigenvalue weighted by Crippen LogP contribution is 2.57. The Morgan fingerprint density at radius 2 is 1.12 bits per heavy atom. The highest BCUT2D eigenvalue weighted by Gasteiger charge is 2.38. The lowest BCUT2D eigenvalue weighted by Gasteiger charge is -2.22. The van der Waals surface area contributed by atoms with Gasteiger partial charge in [-0.15, -0.1) is 58.4 Å². The molecule has 1 aromatic rings. The van der Waals surface area contributed by atoms with Crippen LogP contribution in [-0.2, 0) is 8.16 Å². The van der Waals surface area contributed by atoms with E-state index in [2.05, 4.69) is 73.0 Å². The summed E-state index contributed by atoms with van der Waals surface area (Å²) in [5.74, 6) is 5.20. The molecular formula is C12H16S5. The lowest BCUT2D eigenvalue weighted by molar-refractivity contribution is 1.06. The van der Waals surface area contributed by atoms with Crippen LogP contribution < -0.4 is 0 Å². The summed E-state index contributed by atoms with van der Waals surface area (Å²) in [7, 11) is 0. The molecule has 2 saturated heterocycles. The van der Waals surface area contributed by atoms with E-state index in [0.717, 1.165) is 0 Å². The largest absolute Gasteiger partial charge is 0.141 e. The van der Waals surface area contributed by atoms with Crippen molar-refractivity contribution in [1.82, 2.24) is 0 Å². The third-order valence-electron chi connectivity index (χ3n) is 3.18. The molecule has 0 atom stereocenters. The molecule has 2 aliphatic heterocycles. The fraction of sp³-hybridized carbons (Fsp3) is 0.667. The van der Waals surface area contributed by atoms with Crippen molar-refractivity contribution < 1.29 is 0 Å². The fourth-order valence-corrected chi connectivity index (χ4v) is 9.63. The van der Waals surface area contributed by atoms with E-state index >= 15 is 0 Å². The quantitative estimate of drug-likeness (QED) is 0.747. The zero-order valence-electron chi connectivity index (χ0n) is 10.0. The van der Waals surface area contributed by atoms with Crippen molar-refractivity contribution in [2.75, 3.05) is 23.0 Å². The maximum Gasteiger partial charge on any atom is 0.0924 e. The Balaban J connectivity index is 1.87. The van der Waals surface area contributed by atoms with Gasteiger partial charge in [0.1, 0.15) is 0 Å². The monoisotopic (exact) mass is 320 g/mol. The van der Waals surface area contributed by atoms with E-state index in [9.17, 15) is 0 Å². The van der Waals surface area contributed by atoms with Gasteiger partial charge < -0.3 is 0 Å². The van der Waals surface area contributed by atoms with E-state index in [0.29, 0.717) is 8.16 Å². The Morgan fingerprint density at radius 1 is 0.765 bits per heavy atom. The summed E-state index contributed by atoms with van der Waals surface area (Å²) in [6.07, 6.45) is 0. The molecule has 0 aliphatic carbocycles. The van der Waals surface area contributed by atoms with Crippen LogP contribution in [0.25, 0.3) is 0 Å². The molecule has 0 bridgehead atoms. The van der Waals surface area contributed by atoms with Crippen molar-refractivity contribution in [1.29, 1.82) is 0 Å². The second kappa shape index (κ2) is 4.89. The molecule has 5 heteroatoms. The Bertz CT molecular complexity index is 362. The zero-order chi connectivity index (χ0) is 11.9. The van der Waals surface area contributed by atoms with Crippen molar-refractivity contribution >= 4 is 58.4 Å². The van der Waals surface area contributed by atoms with Gasteiger partial charge in [0.05, 0.1) is 8.16 Å². The third-order valence-corrected chi connectivity index (χ3v) is 11.9. The molecule has 2 aliphatic rings. The predicted octanol–water partition coefficient (Wildman–Crippen LogP) is 5.05. The molecule has 0 unspecified atom stereocenters. The normalized spacial score (nSPS) is 26.5. The molecule has 0 radical (unpaired) electrons. The number of hydrogen-bond acceptors (Lipinski definition) is 5. The summed E-state index contributed by atoms with van der Waals surface area (Å²) >= 11 is 10.5. The van der Waals surface area contributed by atoms with Gasteiger partial charge in [0, 0.05) is 32.8 Å². The standard InChI is InChI=1S/C12H16S5/c1-11(13-5-6-14-11)9-3-4-10(17-9)12(2)15-7-8-16-12/h3-4H,5-8H2,1-2H3. The molecule has 0 aromatic carbocycles. The molecule has 3 heterocycles. The Kier molecular flexibility index (Phi) is 3.77. The number of thioether (sulfide) groups is 4. The number of thiophene rings is 1. The van der Waals surface area contributed by atoms with E-state index in [4.69, 9.17) is 0 Å². The molecule has 1 aromatic heterocycles. The topological polar surface area (TPSA) is 0 Å². The van der Waals surface area contributed by atoms with Crippen molar-refractivity contribution in [2.24, 2.45) is 0 Å². The summed E-state index contributed by atoms with van der Waals surface area (Å²) in [6.45, 7) is 4.78. The first kappa shape index (κ1) is 13.1. The number of rotatable bonds is 2. The van der Waals surface area contributed by atoms with Crippen molar-refractivity contribution in [3.63, 3.8) is 0 Å². The van der Waals surface area contributed by atoms with Crippen molar-refractivity contribution in [2.45, 2.75) is 22.0 Å². The van der Waals surface area contributed by atoms with Gasteiger partial charge in [-0.25, -0.2) is 0 Å². The molecule has 0 amide bonds. The van der Waals surface area contributed by atoms with E-state index in [-0.39, 0.29) is 0 Å². The van der Waals surface area contributed by atoms with Crippen LogP contribution in [0.4, 0.5) is 0 Å². The van der Waals surface area contributed by atoms with Crippen LogP contribution in [0.1, 0.15) is 23.6 Å². The smallest absolute Gasteiger partial charge is 0.0924 e. The minimum absolute atomic E-state index is 0.327. The molecule has 0 N–H and O–H groups in total. The van der Waals surface area contributed by atoms with Crippen LogP contribution in [0.5, 0.6) is 0 Å². The van der Waals surface area contributed by atoms with Crippen LogP contribution in [-0.4, -0.2) is 23.0 Å². The van der Waals surface area contributed by atoms with Gasteiger partial charge in [0.2, 0.25) is 0 Å². The maximum absolute atomic E-state index is 2.39. The van der Waals surface area contributed by atoms with E-state index in [1.165, 1.54) is 23.0 Å². The van der Waals surface area contributed by atoms with Crippen LogP contribution >= 0.6 is 58.4 Å². The van der Waals surface area contributed by atoms with Gasteiger partial charge in [-0.05, 0) is 26.0 Å². The molecule has 3 rings (SSSR count). The fourth-order valence-electron chi connectivity index (χ4n) is 2.14. The summed E-state index contributed by atoms with van der Waals surface area (Å²) in [4.78, 5) is 3.13. The first-order chi connectivity index (χ1) is 8.12. The second-order valence-electron chi connectivity index (χ2n) is 4.45.